The lowest BCUT2D eigenvalue weighted by Gasteiger charge is -2.28. The first-order valence-corrected chi connectivity index (χ1v) is 10.7. The average molecular weight is 454 g/mol. The number of rotatable bonds is 8. The summed E-state index contributed by atoms with van der Waals surface area (Å²) in [6, 6.07) is 11.0. The van der Waals surface area contributed by atoms with Gasteiger partial charge in [-0.25, -0.2) is 4.98 Å². The SMILES string of the molecule is COc1cccc(CNC(=O)c2cc(-c3nnn(CC4COC(CN)CO4)n3)cc(C)n2)c1. The second-order valence-electron chi connectivity index (χ2n) is 7.73. The number of hydrogen-bond donors (Lipinski definition) is 2. The molecule has 0 bridgehead atoms. The zero-order chi connectivity index (χ0) is 23.2. The van der Waals surface area contributed by atoms with E-state index < -0.39 is 0 Å². The standard InChI is InChI=1S/C22H27N7O4/c1-14-6-16(21-26-28-29(27-21)11-19-13-32-18(9-23)12-33-19)8-20(25-14)22(30)24-10-15-4-3-5-17(7-15)31-2/h3-8,18-19H,9-13,23H2,1-2H3,(H,24,30). The summed E-state index contributed by atoms with van der Waals surface area (Å²) in [6.07, 6.45) is -0.249. The van der Waals surface area contributed by atoms with Crippen molar-refractivity contribution in [1.29, 1.82) is 0 Å². The van der Waals surface area contributed by atoms with Crippen molar-refractivity contribution in [3.8, 4) is 17.1 Å². The molecule has 11 heteroatoms. The minimum Gasteiger partial charge on any atom is -0.497 e. The van der Waals surface area contributed by atoms with Crippen LogP contribution in [0.3, 0.4) is 0 Å². The number of aromatic nitrogens is 5. The summed E-state index contributed by atoms with van der Waals surface area (Å²) in [4.78, 5) is 18.5. The largest absolute Gasteiger partial charge is 0.497 e. The minimum absolute atomic E-state index is 0.0752. The molecule has 11 nitrogen and oxygen atoms in total. The van der Waals surface area contributed by atoms with Gasteiger partial charge in [-0.2, -0.15) is 4.80 Å². The Kier molecular flexibility index (Phi) is 7.23. The Labute approximate surface area is 191 Å². The number of amides is 1. The molecule has 3 N–H and O–H groups in total. The molecule has 2 atom stereocenters. The Hall–Kier alpha value is -3.41. The average Bonchev–Trinajstić information content (AvgIpc) is 3.31. The van der Waals surface area contributed by atoms with Crippen LogP contribution < -0.4 is 15.8 Å². The smallest absolute Gasteiger partial charge is 0.270 e. The van der Waals surface area contributed by atoms with E-state index in [1.807, 2.05) is 37.3 Å². The maximum Gasteiger partial charge on any atom is 0.270 e. The lowest BCUT2D eigenvalue weighted by Crippen LogP contribution is -2.41. The van der Waals surface area contributed by atoms with Crippen molar-refractivity contribution in [1.82, 2.24) is 30.5 Å². The van der Waals surface area contributed by atoms with Crippen molar-refractivity contribution < 1.29 is 19.0 Å². The number of tetrazole rings is 1. The van der Waals surface area contributed by atoms with Crippen LogP contribution in [0.4, 0.5) is 0 Å². The summed E-state index contributed by atoms with van der Waals surface area (Å²) in [5.74, 6) is 0.840. The van der Waals surface area contributed by atoms with Gasteiger partial charge < -0.3 is 25.3 Å². The molecule has 4 rings (SSSR count). The van der Waals surface area contributed by atoms with E-state index in [1.165, 1.54) is 4.80 Å². The summed E-state index contributed by atoms with van der Waals surface area (Å²) in [7, 11) is 1.60. The van der Waals surface area contributed by atoms with Crippen LogP contribution in [0.1, 0.15) is 21.7 Å². The van der Waals surface area contributed by atoms with Gasteiger partial charge in [0.25, 0.3) is 5.91 Å². The lowest BCUT2D eigenvalue weighted by atomic mass is 10.1. The number of nitrogens with one attached hydrogen (secondary N) is 1. The molecule has 3 heterocycles. The molecule has 2 aromatic heterocycles. The number of ether oxygens (including phenoxy) is 3. The van der Waals surface area contributed by atoms with E-state index in [2.05, 4.69) is 25.7 Å². The molecule has 1 amide bonds. The van der Waals surface area contributed by atoms with E-state index in [0.29, 0.717) is 49.9 Å². The van der Waals surface area contributed by atoms with Crippen LogP contribution in [0.15, 0.2) is 36.4 Å². The Balaban J connectivity index is 1.41. The first-order valence-electron chi connectivity index (χ1n) is 10.7. The van der Waals surface area contributed by atoms with Crippen LogP contribution in [0, 0.1) is 6.92 Å². The van der Waals surface area contributed by atoms with Gasteiger partial charge in [0, 0.05) is 24.3 Å². The normalized spacial score (nSPS) is 18.2. The van der Waals surface area contributed by atoms with Crippen LogP contribution >= 0.6 is 0 Å². The quantitative estimate of drug-likeness (QED) is 0.505. The number of hydrogen-bond acceptors (Lipinski definition) is 9. The van der Waals surface area contributed by atoms with E-state index in [0.717, 1.165) is 11.3 Å². The molecule has 0 spiro atoms. The first-order chi connectivity index (χ1) is 16.0. The molecule has 1 aliphatic rings. The highest BCUT2D eigenvalue weighted by molar-refractivity contribution is 5.93. The molecule has 174 valence electrons. The summed E-state index contributed by atoms with van der Waals surface area (Å²) in [6.45, 7) is 3.86. The highest BCUT2D eigenvalue weighted by atomic mass is 16.6. The second kappa shape index (κ2) is 10.5. The number of nitrogens with zero attached hydrogens (tertiary/aromatic N) is 5. The van der Waals surface area contributed by atoms with Crippen LogP contribution in [-0.2, 0) is 22.6 Å². The summed E-state index contributed by atoms with van der Waals surface area (Å²) in [5.41, 5.74) is 8.12. The molecule has 0 aliphatic carbocycles. The predicted octanol–water partition coefficient (Wildman–Crippen LogP) is 0.725. The van der Waals surface area contributed by atoms with Crippen LogP contribution in [-0.4, -0.2) is 70.2 Å². The van der Waals surface area contributed by atoms with E-state index in [1.54, 1.807) is 13.2 Å². The fraction of sp³-hybridized carbons (Fsp3) is 0.409. The van der Waals surface area contributed by atoms with Gasteiger partial charge in [-0.15, -0.1) is 10.2 Å². The molecule has 1 aliphatic heterocycles. The summed E-state index contributed by atoms with van der Waals surface area (Å²) in [5, 5.41) is 15.5. The molecular formula is C22H27N7O4. The first kappa shape index (κ1) is 22.8. The van der Waals surface area contributed by atoms with Gasteiger partial charge in [-0.1, -0.05) is 12.1 Å². The Morgan fingerprint density at radius 3 is 2.82 bits per heavy atom. The second-order valence-corrected chi connectivity index (χ2v) is 7.73. The third-order valence-electron chi connectivity index (χ3n) is 5.15. The Morgan fingerprint density at radius 1 is 1.24 bits per heavy atom. The van der Waals surface area contributed by atoms with Gasteiger partial charge in [0.15, 0.2) is 0 Å². The molecule has 0 radical (unpaired) electrons. The summed E-state index contributed by atoms with van der Waals surface area (Å²) < 4.78 is 16.6. The van der Waals surface area contributed by atoms with E-state index in [-0.39, 0.29) is 23.8 Å². The van der Waals surface area contributed by atoms with Gasteiger partial charge in [-0.3, -0.25) is 4.79 Å². The molecule has 1 fully saturated rings. The highest BCUT2D eigenvalue weighted by Crippen LogP contribution is 2.17. The zero-order valence-electron chi connectivity index (χ0n) is 18.6. The van der Waals surface area contributed by atoms with Crippen LogP contribution in [0.25, 0.3) is 11.4 Å². The maximum absolute atomic E-state index is 12.7. The summed E-state index contributed by atoms with van der Waals surface area (Å²) >= 11 is 0. The maximum atomic E-state index is 12.7. The van der Waals surface area contributed by atoms with Crippen molar-refractivity contribution in [2.24, 2.45) is 5.73 Å². The minimum atomic E-state index is -0.294. The van der Waals surface area contributed by atoms with Gasteiger partial charge in [0.1, 0.15) is 17.5 Å². The van der Waals surface area contributed by atoms with Crippen LogP contribution in [0.5, 0.6) is 5.75 Å². The number of carbonyl (C=O) groups excluding carboxylic acids is 1. The molecule has 2 unspecified atom stereocenters. The third-order valence-corrected chi connectivity index (χ3v) is 5.15. The molecule has 0 saturated carbocycles. The van der Waals surface area contributed by atoms with Gasteiger partial charge >= 0.3 is 0 Å². The number of aryl methyl sites for hydroxylation is 1. The van der Waals surface area contributed by atoms with Gasteiger partial charge in [-0.05, 0) is 42.0 Å². The monoisotopic (exact) mass is 453 g/mol. The topological polar surface area (TPSA) is 139 Å². The molecule has 1 aromatic carbocycles. The number of methoxy groups -OCH3 is 1. The van der Waals surface area contributed by atoms with Gasteiger partial charge in [0.05, 0.1) is 33.0 Å². The fourth-order valence-corrected chi connectivity index (χ4v) is 3.41. The number of nitrogens with two attached hydrogens (primary N) is 1. The fourth-order valence-electron chi connectivity index (χ4n) is 3.41. The van der Waals surface area contributed by atoms with E-state index >= 15 is 0 Å². The predicted molar refractivity (Wildman–Crippen MR) is 118 cm³/mol. The molecule has 1 saturated heterocycles. The molecular weight excluding hydrogens is 426 g/mol. The van der Waals surface area contributed by atoms with E-state index in [9.17, 15) is 4.79 Å². The number of benzene rings is 1. The van der Waals surface area contributed by atoms with Crippen molar-refractivity contribution >= 4 is 5.91 Å². The van der Waals surface area contributed by atoms with Crippen molar-refractivity contribution in [3.05, 3.63) is 53.3 Å². The van der Waals surface area contributed by atoms with Crippen molar-refractivity contribution in [3.63, 3.8) is 0 Å². The zero-order valence-corrected chi connectivity index (χ0v) is 18.6. The van der Waals surface area contributed by atoms with Gasteiger partial charge in [0.2, 0.25) is 5.82 Å². The van der Waals surface area contributed by atoms with Crippen LogP contribution in [0.2, 0.25) is 0 Å². The Morgan fingerprint density at radius 2 is 2.06 bits per heavy atom. The number of carbonyl (C=O) groups is 1. The van der Waals surface area contributed by atoms with E-state index in [4.69, 9.17) is 19.9 Å². The third kappa shape index (κ3) is 5.89. The lowest BCUT2D eigenvalue weighted by molar-refractivity contribution is -0.135. The molecule has 3 aromatic rings. The Bertz CT molecular complexity index is 1100. The number of pyridine rings is 1. The highest BCUT2D eigenvalue weighted by Gasteiger charge is 2.23. The van der Waals surface area contributed by atoms with Crippen molar-refractivity contribution in [2.75, 3.05) is 26.9 Å². The van der Waals surface area contributed by atoms with Crippen molar-refractivity contribution in [2.45, 2.75) is 32.2 Å². The molecule has 33 heavy (non-hydrogen) atoms.